The molecule has 2 unspecified atom stereocenters. The topological polar surface area (TPSA) is 58.6 Å². The fourth-order valence-corrected chi connectivity index (χ4v) is 4.92. The third kappa shape index (κ3) is 3.81. The summed E-state index contributed by atoms with van der Waals surface area (Å²) in [5.41, 5.74) is 4.22. The van der Waals surface area contributed by atoms with Crippen LogP contribution < -0.4 is 14.5 Å². The van der Waals surface area contributed by atoms with Crippen LogP contribution in [-0.4, -0.2) is 42.1 Å². The van der Waals surface area contributed by atoms with Crippen LogP contribution in [0.25, 0.3) is 11.3 Å². The smallest absolute Gasteiger partial charge is 0.232 e. The molecular weight excluding hydrogens is 400 g/mol. The van der Waals surface area contributed by atoms with Crippen LogP contribution in [0.15, 0.2) is 60.9 Å². The lowest BCUT2D eigenvalue weighted by molar-refractivity contribution is -0.122. The molecule has 6 heteroatoms. The van der Waals surface area contributed by atoms with Crippen LogP contribution in [0, 0.1) is 5.92 Å². The molecule has 2 atom stereocenters. The Morgan fingerprint density at radius 1 is 1.09 bits per heavy atom. The average molecular weight is 429 g/mol. The van der Waals surface area contributed by atoms with Gasteiger partial charge < -0.3 is 14.5 Å². The van der Waals surface area contributed by atoms with Crippen molar-refractivity contribution in [3.05, 3.63) is 66.5 Å². The lowest BCUT2D eigenvalue weighted by Crippen LogP contribution is -2.47. The lowest BCUT2D eigenvalue weighted by atomic mass is 9.96. The predicted octanol–water partition coefficient (Wildman–Crippen LogP) is 4.35. The molecule has 164 valence electrons. The Balaban J connectivity index is 1.35. The Morgan fingerprint density at radius 3 is 2.72 bits per heavy atom. The number of aromatic nitrogens is 2. The summed E-state index contributed by atoms with van der Waals surface area (Å²) in [6, 6.07) is 18.4. The normalized spacial score (nSPS) is 20.2. The minimum atomic E-state index is -0.0308. The van der Waals surface area contributed by atoms with Crippen LogP contribution >= 0.6 is 0 Å². The number of amides is 1. The van der Waals surface area contributed by atoms with Gasteiger partial charge in [-0.15, -0.1) is 0 Å². The minimum absolute atomic E-state index is 0.0308. The minimum Gasteiger partial charge on any atom is -0.497 e. The van der Waals surface area contributed by atoms with Gasteiger partial charge in [0.15, 0.2) is 0 Å². The van der Waals surface area contributed by atoms with Gasteiger partial charge >= 0.3 is 0 Å². The van der Waals surface area contributed by atoms with Gasteiger partial charge in [-0.25, -0.2) is 9.97 Å². The highest BCUT2D eigenvalue weighted by atomic mass is 16.5. The zero-order valence-corrected chi connectivity index (χ0v) is 18.6. The van der Waals surface area contributed by atoms with Crippen molar-refractivity contribution in [3.63, 3.8) is 0 Å². The molecule has 1 fully saturated rings. The summed E-state index contributed by atoms with van der Waals surface area (Å²) in [7, 11) is 1.66. The third-order valence-corrected chi connectivity index (χ3v) is 6.58. The number of hydrogen-bond acceptors (Lipinski definition) is 5. The molecule has 3 aromatic rings. The maximum absolute atomic E-state index is 13.6. The highest BCUT2D eigenvalue weighted by molar-refractivity contribution is 5.98. The van der Waals surface area contributed by atoms with Crippen molar-refractivity contribution in [2.45, 2.75) is 32.2 Å². The molecule has 0 aliphatic carbocycles. The van der Waals surface area contributed by atoms with Crippen molar-refractivity contribution in [1.82, 2.24) is 9.97 Å². The number of nitrogens with zero attached hydrogens (tertiary/aromatic N) is 4. The molecule has 6 nitrogen and oxygen atoms in total. The second-order valence-electron chi connectivity index (χ2n) is 8.67. The maximum Gasteiger partial charge on any atom is 0.232 e. The molecule has 0 bridgehead atoms. The second kappa shape index (κ2) is 8.61. The van der Waals surface area contributed by atoms with Gasteiger partial charge in [0.05, 0.1) is 18.7 Å². The maximum atomic E-state index is 13.6. The Kier molecular flexibility index (Phi) is 5.52. The van der Waals surface area contributed by atoms with Crippen molar-refractivity contribution in [2.75, 3.05) is 30.0 Å². The molecule has 1 amide bonds. The first-order chi connectivity index (χ1) is 15.6. The summed E-state index contributed by atoms with van der Waals surface area (Å²) >= 11 is 0. The number of piperidine rings is 1. The van der Waals surface area contributed by atoms with Crippen molar-refractivity contribution in [3.8, 4) is 17.0 Å². The number of hydrogen-bond donors (Lipinski definition) is 0. The molecule has 2 aromatic carbocycles. The standard InChI is InChI=1S/C26H28N4O2/c1-18-14-20-6-3-4-8-24(20)30(18)26(31)21-7-5-13-29(16-21)25-15-23(27-17-28-25)19-9-11-22(32-2)12-10-19/h3-4,6,8-12,15,17-18,21H,5,7,13-14,16H2,1-2H3. The van der Waals surface area contributed by atoms with Gasteiger partial charge in [-0.1, -0.05) is 18.2 Å². The fraction of sp³-hybridized carbons (Fsp3) is 0.346. The van der Waals surface area contributed by atoms with Crippen molar-refractivity contribution in [2.24, 2.45) is 5.92 Å². The quantitative estimate of drug-likeness (QED) is 0.619. The zero-order chi connectivity index (χ0) is 22.1. The van der Waals surface area contributed by atoms with Crippen molar-refractivity contribution < 1.29 is 9.53 Å². The van der Waals surface area contributed by atoms with E-state index in [1.807, 2.05) is 41.3 Å². The van der Waals surface area contributed by atoms with E-state index in [9.17, 15) is 4.79 Å². The summed E-state index contributed by atoms with van der Waals surface area (Å²) < 4.78 is 5.25. The second-order valence-corrected chi connectivity index (χ2v) is 8.67. The number of methoxy groups -OCH3 is 1. The Bertz CT molecular complexity index is 1110. The van der Waals surface area contributed by atoms with Crippen LogP contribution in [0.4, 0.5) is 11.5 Å². The van der Waals surface area contributed by atoms with E-state index in [2.05, 4.69) is 40.0 Å². The van der Waals surface area contributed by atoms with E-state index in [0.29, 0.717) is 6.54 Å². The number of carbonyl (C=O) groups excluding carboxylic acids is 1. The fourth-order valence-electron chi connectivity index (χ4n) is 4.92. The molecule has 0 spiro atoms. The molecule has 1 saturated heterocycles. The Labute approximate surface area is 188 Å². The molecular formula is C26H28N4O2. The molecule has 0 N–H and O–H groups in total. The molecule has 2 aliphatic rings. The van der Waals surface area contributed by atoms with E-state index < -0.39 is 0 Å². The molecule has 3 heterocycles. The van der Waals surface area contributed by atoms with Crippen LogP contribution in [0.5, 0.6) is 5.75 Å². The largest absolute Gasteiger partial charge is 0.497 e. The monoisotopic (exact) mass is 428 g/mol. The highest BCUT2D eigenvalue weighted by Gasteiger charge is 2.36. The van der Waals surface area contributed by atoms with E-state index in [4.69, 9.17) is 4.74 Å². The van der Waals surface area contributed by atoms with Crippen molar-refractivity contribution >= 4 is 17.4 Å². The first kappa shape index (κ1) is 20.5. The first-order valence-corrected chi connectivity index (χ1v) is 11.3. The van der Waals surface area contributed by atoms with Crippen LogP contribution in [0.1, 0.15) is 25.3 Å². The number of carbonyl (C=O) groups is 1. The van der Waals surface area contributed by atoms with Crippen molar-refractivity contribution in [1.29, 1.82) is 0 Å². The Hall–Kier alpha value is -3.41. The summed E-state index contributed by atoms with van der Waals surface area (Å²) in [5.74, 6) is 1.89. The van der Waals surface area contributed by atoms with Crippen LogP contribution in [0.2, 0.25) is 0 Å². The SMILES string of the molecule is COc1ccc(-c2cc(N3CCCC(C(=O)N4c5ccccc5CC4C)C3)ncn2)cc1. The predicted molar refractivity (Wildman–Crippen MR) is 126 cm³/mol. The summed E-state index contributed by atoms with van der Waals surface area (Å²) in [6.07, 6.45) is 4.42. The summed E-state index contributed by atoms with van der Waals surface area (Å²) in [4.78, 5) is 26.8. The first-order valence-electron chi connectivity index (χ1n) is 11.3. The molecule has 0 radical (unpaired) electrons. The third-order valence-electron chi connectivity index (χ3n) is 6.58. The van der Waals surface area contributed by atoms with E-state index in [1.54, 1.807) is 13.4 Å². The van der Waals surface area contributed by atoms with Gasteiger partial charge in [-0.05, 0) is 62.1 Å². The molecule has 2 aliphatic heterocycles. The highest BCUT2D eigenvalue weighted by Crippen LogP contribution is 2.35. The Morgan fingerprint density at radius 2 is 1.91 bits per heavy atom. The summed E-state index contributed by atoms with van der Waals surface area (Å²) in [5, 5.41) is 0. The average Bonchev–Trinajstić information content (AvgIpc) is 3.19. The number of benzene rings is 2. The van der Waals surface area contributed by atoms with Gasteiger partial charge in [0.1, 0.15) is 17.9 Å². The molecule has 1 aromatic heterocycles. The number of ether oxygens (including phenoxy) is 1. The van der Waals surface area contributed by atoms with E-state index >= 15 is 0 Å². The molecule has 32 heavy (non-hydrogen) atoms. The number of rotatable bonds is 4. The van der Waals surface area contributed by atoms with Gasteiger partial charge in [0, 0.05) is 36.4 Å². The zero-order valence-electron chi connectivity index (χ0n) is 18.6. The summed E-state index contributed by atoms with van der Waals surface area (Å²) in [6.45, 7) is 3.72. The van der Waals surface area contributed by atoms with Gasteiger partial charge in [0.25, 0.3) is 0 Å². The van der Waals surface area contributed by atoms with Gasteiger partial charge in [0.2, 0.25) is 5.91 Å². The van der Waals surface area contributed by atoms with Gasteiger partial charge in [-0.2, -0.15) is 0 Å². The van der Waals surface area contributed by atoms with Crippen LogP contribution in [-0.2, 0) is 11.2 Å². The molecule has 5 rings (SSSR count). The number of fused-ring (bicyclic) bond motifs is 1. The lowest BCUT2D eigenvalue weighted by Gasteiger charge is -2.36. The van der Waals surface area contributed by atoms with E-state index in [1.165, 1.54) is 5.56 Å². The molecule has 0 saturated carbocycles. The number of para-hydroxylation sites is 1. The van der Waals surface area contributed by atoms with E-state index in [0.717, 1.165) is 54.3 Å². The number of anilines is 2. The van der Waals surface area contributed by atoms with Crippen LogP contribution in [0.3, 0.4) is 0 Å². The van der Waals surface area contributed by atoms with Gasteiger partial charge in [-0.3, -0.25) is 4.79 Å². The van der Waals surface area contributed by atoms with E-state index in [-0.39, 0.29) is 17.9 Å².